The van der Waals surface area contributed by atoms with Gasteiger partial charge in [-0.3, -0.25) is 0 Å². The molecule has 6 heteroatoms. The number of aryl methyl sites for hydroxylation is 1. The summed E-state index contributed by atoms with van der Waals surface area (Å²) in [6, 6.07) is 0. The minimum absolute atomic E-state index is 0.260. The summed E-state index contributed by atoms with van der Waals surface area (Å²) in [5.74, 6) is 0. The molecule has 0 N–H and O–H groups in total. The zero-order chi connectivity index (χ0) is 10.0. The van der Waals surface area contributed by atoms with Gasteiger partial charge in [0.2, 0.25) is 5.05 Å². The van der Waals surface area contributed by atoms with Crippen LogP contribution < -0.4 is 0 Å². The molecule has 1 aromatic rings. The summed E-state index contributed by atoms with van der Waals surface area (Å²) in [4.78, 5) is 8.02. The lowest BCUT2D eigenvalue weighted by Crippen LogP contribution is -2.06. The van der Waals surface area contributed by atoms with Crippen molar-refractivity contribution in [3.05, 3.63) is 21.1 Å². The molecule has 3 nitrogen and oxygen atoms in total. The Bertz CT molecular complexity index is 359. The van der Waals surface area contributed by atoms with E-state index in [1.807, 2.05) is 0 Å². The molecule has 0 bridgehead atoms. The van der Waals surface area contributed by atoms with Gasteiger partial charge in [-0.1, -0.05) is 11.6 Å². The number of thiocarbonyl (C=S) groups is 1. The summed E-state index contributed by atoms with van der Waals surface area (Å²) < 4.78 is 5.31. The second-order valence-electron chi connectivity index (χ2n) is 2.23. The lowest BCUT2D eigenvalue weighted by atomic mass is 10.3. The molecule has 0 amide bonds. The first-order valence-electron chi connectivity index (χ1n) is 3.34. The molecule has 0 unspecified atom stereocenters. The maximum atomic E-state index is 5.93. The van der Waals surface area contributed by atoms with Crippen LogP contribution in [0.1, 0.15) is 11.4 Å². The average Bonchev–Trinajstić information content (AvgIpc) is 2.10. The van der Waals surface area contributed by atoms with Crippen molar-refractivity contribution in [2.45, 2.75) is 6.92 Å². The van der Waals surface area contributed by atoms with E-state index in [2.05, 4.69) is 25.9 Å². The van der Waals surface area contributed by atoms with E-state index in [4.69, 9.17) is 28.6 Å². The Morgan fingerprint density at radius 2 is 2.15 bits per heavy atom. The number of methoxy groups -OCH3 is 1. The zero-order valence-electron chi connectivity index (χ0n) is 6.97. The largest absolute Gasteiger partial charge is 0.485 e. The first-order chi connectivity index (χ1) is 6.06. The molecule has 1 rings (SSSR count). The Morgan fingerprint density at radius 1 is 1.54 bits per heavy atom. The molecule has 0 aromatic carbocycles. The average molecular weight is 282 g/mol. The first-order valence-corrected chi connectivity index (χ1v) is 4.92. The summed E-state index contributed by atoms with van der Waals surface area (Å²) in [6.07, 6.45) is 0. The van der Waals surface area contributed by atoms with Crippen LogP contribution in [0.5, 0.6) is 0 Å². The van der Waals surface area contributed by atoms with Gasteiger partial charge in [0.05, 0.1) is 17.8 Å². The van der Waals surface area contributed by atoms with Crippen LogP contribution in [0.4, 0.5) is 0 Å². The molecule has 0 aliphatic heterocycles. The third-order valence-corrected chi connectivity index (χ3v) is 2.54. The van der Waals surface area contributed by atoms with Crippen LogP contribution in [0, 0.1) is 6.92 Å². The molecule has 0 radical (unpaired) electrons. The molecule has 1 aromatic heterocycles. The van der Waals surface area contributed by atoms with E-state index in [-0.39, 0.29) is 5.05 Å². The van der Waals surface area contributed by atoms with Crippen LogP contribution in [0.3, 0.4) is 0 Å². The van der Waals surface area contributed by atoms with Crippen molar-refractivity contribution in [1.29, 1.82) is 0 Å². The number of hydrogen-bond donors (Lipinski definition) is 0. The van der Waals surface area contributed by atoms with Crippen LogP contribution in [0.15, 0.2) is 4.73 Å². The number of hydrogen-bond acceptors (Lipinski definition) is 4. The summed E-state index contributed by atoms with van der Waals surface area (Å²) in [6.45, 7) is 1.77. The van der Waals surface area contributed by atoms with Crippen molar-refractivity contribution >= 4 is 44.8 Å². The van der Waals surface area contributed by atoms with Gasteiger partial charge < -0.3 is 4.74 Å². The van der Waals surface area contributed by atoms with E-state index in [0.717, 1.165) is 0 Å². The van der Waals surface area contributed by atoms with Crippen molar-refractivity contribution in [3.63, 3.8) is 0 Å². The highest BCUT2D eigenvalue weighted by Crippen LogP contribution is 2.20. The Labute approximate surface area is 94.6 Å². The van der Waals surface area contributed by atoms with Crippen molar-refractivity contribution in [2.24, 2.45) is 0 Å². The monoisotopic (exact) mass is 280 g/mol. The number of halogens is 2. The maximum Gasteiger partial charge on any atom is 0.211 e. The molecular weight excluding hydrogens is 276 g/mol. The van der Waals surface area contributed by atoms with Crippen molar-refractivity contribution in [3.8, 4) is 0 Å². The van der Waals surface area contributed by atoms with Gasteiger partial charge in [0.1, 0.15) is 5.69 Å². The standard InChI is InChI=1S/C7H6BrClN2OS/c1-3-4(9)5(6(13)12-2)11-7(8)10-3/h1-2H3. The number of rotatable bonds is 1. The molecule has 0 saturated carbocycles. The molecule has 0 atom stereocenters. The molecule has 70 valence electrons. The summed E-state index contributed by atoms with van der Waals surface area (Å²) >= 11 is 14.0. The lowest BCUT2D eigenvalue weighted by Gasteiger charge is -2.05. The van der Waals surface area contributed by atoms with E-state index in [9.17, 15) is 0 Å². The van der Waals surface area contributed by atoms with Gasteiger partial charge >= 0.3 is 0 Å². The molecule has 0 aliphatic carbocycles. The third kappa shape index (κ3) is 2.36. The normalized spacial score (nSPS) is 9.85. The smallest absolute Gasteiger partial charge is 0.211 e. The van der Waals surface area contributed by atoms with E-state index in [1.54, 1.807) is 6.92 Å². The fourth-order valence-electron chi connectivity index (χ4n) is 0.757. The van der Waals surface area contributed by atoms with Gasteiger partial charge in [-0.15, -0.1) is 0 Å². The molecule has 0 fully saturated rings. The minimum atomic E-state index is 0.260. The SMILES string of the molecule is COC(=S)c1nc(Br)nc(C)c1Cl. The zero-order valence-corrected chi connectivity index (χ0v) is 10.1. The second-order valence-corrected chi connectivity index (χ2v) is 3.69. The van der Waals surface area contributed by atoms with Gasteiger partial charge in [-0.2, -0.15) is 0 Å². The van der Waals surface area contributed by atoms with Gasteiger partial charge in [0, 0.05) is 0 Å². The predicted molar refractivity (Wildman–Crippen MR) is 58.2 cm³/mol. The van der Waals surface area contributed by atoms with Crippen LogP contribution >= 0.6 is 39.7 Å². The molecular formula is C7H6BrClN2OS. The highest BCUT2D eigenvalue weighted by molar-refractivity contribution is 9.10. The minimum Gasteiger partial charge on any atom is -0.485 e. The van der Waals surface area contributed by atoms with Gasteiger partial charge in [0.15, 0.2) is 4.73 Å². The lowest BCUT2D eigenvalue weighted by molar-refractivity contribution is 0.414. The van der Waals surface area contributed by atoms with Crippen LogP contribution in [-0.2, 0) is 4.74 Å². The Kier molecular flexibility index (Phi) is 3.58. The Morgan fingerprint density at radius 3 is 2.69 bits per heavy atom. The fraction of sp³-hybridized carbons (Fsp3) is 0.286. The third-order valence-electron chi connectivity index (χ3n) is 1.37. The Hall–Kier alpha value is -0.260. The maximum absolute atomic E-state index is 5.93. The topological polar surface area (TPSA) is 35.0 Å². The highest BCUT2D eigenvalue weighted by Gasteiger charge is 2.12. The van der Waals surface area contributed by atoms with E-state index >= 15 is 0 Å². The van der Waals surface area contributed by atoms with E-state index < -0.39 is 0 Å². The molecule has 13 heavy (non-hydrogen) atoms. The van der Waals surface area contributed by atoms with E-state index in [0.29, 0.717) is 21.1 Å². The highest BCUT2D eigenvalue weighted by atomic mass is 79.9. The molecule has 1 heterocycles. The quantitative estimate of drug-likeness (QED) is 0.585. The number of aromatic nitrogens is 2. The van der Waals surface area contributed by atoms with Gasteiger partial charge in [0.25, 0.3) is 0 Å². The van der Waals surface area contributed by atoms with Crippen LogP contribution in [0.25, 0.3) is 0 Å². The Balaban J connectivity index is 3.28. The molecule has 0 saturated heterocycles. The second kappa shape index (κ2) is 4.30. The number of ether oxygens (including phenoxy) is 1. The van der Waals surface area contributed by atoms with Crippen LogP contribution in [-0.4, -0.2) is 22.1 Å². The van der Waals surface area contributed by atoms with Crippen molar-refractivity contribution < 1.29 is 4.74 Å². The number of nitrogens with zero attached hydrogens (tertiary/aromatic N) is 2. The fourth-order valence-corrected chi connectivity index (χ4v) is 1.57. The molecule has 0 aliphatic rings. The summed E-state index contributed by atoms with van der Waals surface area (Å²) in [5, 5.41) is 0.686. The summed E-state index contributed by atoms with van der Waals surface area (Å²) in [7, 11) is 1.48. The van der Waals surface area contributed by atoms with Gasteiger partial charge in [-0.05, 0) is 35.1 Å². The van der Waals surface area contributed by atoms with Crippen molar-refractivity contribution in [1.82, 2.24) is 9.97 Å². The van der Waals surface area contributed by atoms with Crippen molar-refractivity contribution in [2.75, 3.05) is 7.11 Å². The van der Waals surface area contributed by atoms with Gasteiger partial charge in [-0.25, -0.2) is 9.97 Å². The predicted octanol–water partition coefficient (Wildman–Crippen LogP) is 2.52. The molecule has 0 spiro atoms. The van der Waals surface area contributed by atoms with Crippen LogP contribution in [0.2, 0.25) is 5.02 Å². The van der Waals surface area contributed by atoms with E-state index in [1.165, 1.54) is 7.11 Å². The summed E-state index contributed by atoms with van der Waals surface area (Å²) in [5.41, 5.74) is 1.11. The first kappa shape index (κ1) is 10.8.